The minimum absolute atomic E-state index is 0.0209. The third kappa shape index (κ3) is 6.25. The van der Waals surface area contributed by atoms with Crippen molar-refractivity contribution in [2.45, 2.75) is 39.7 Å². The van der Waals surface area contributed by atoms with Crippen LogP contribution in [-0.2, 0) is 17.8 Å². The molecule has 2 amide bonds. The number of benzene rings is 3. The van der Waals surface area contributed by atoms with Gasteiger partial charge in [-0.1, -0.05) is 61.4 Å². The molecule has 0 saturated carbocycles. The summed E-state index contributed by atoms with van der Waals surface area (Å²) in [5, 5.41) is 1.17. The van der Waals surface area contributed by atoms with E-state index in [0.29, 0.717) is 43.1 Å². The highest BCUT2D eigenvalue weighted by molar-refractivity contribution is 5.97. The Kier molecular flexibility index (Phi) is 8.16. The van der Waals surface area contributed by atoms with Crippen LogP contribution in [0.2, 0.25) is 0 Å². The van der Waals surface area contributed by atoms with Crippen LogP contribution in [-0.4, -0.2) is 53.0 Å². The standard InChI is InChI=1S/C32H35N3O4/c1-3-4-16-35(32(37)25-13-14-29-30(18-25)39-22-38-29)21-31(36)34(20-24-11-9-23(2)10-12-24)17-15-26-19-33-28-8-6-5-7-27(26)28/h5-14,18-19,33H,3-4,15-17,20-22H2,1-2H3. The van der Waals surface area contributed by atoms with Crippen molar-refractivity contribution >= 4 is 22.7 Å². The molecule has 0 radical (unpaired) electrons. The first-order valence-corrected chi connectivity index (χ1v) is 13.6. The lowest BCUT2D eigenvalue weighted by Gasteiger charge is -2.28. The molecule has 1 N–H and O–H groups in total. The number of hydrogen-bond donors (Lipinski definition) is 1. The second-order valence-electron chi connectivity index (χ2n) is 10.1. The van der Waals surface area contributed by atoms with Gasteiger partial charge >= 0.3 is 0 Å². The molecule has 7 nitrogen and oxygen atoms in total. The maximum Gasteiger partial charge on any atom is 0.254 e. The third-order valence-corrected chi connectivity index (χ3v) is 7.19. The molecule has 0 spiro atoms. The first-order chi connectivity index (χ1) is 19.0. The maximum absolute atomic E-state index is 13.8. The van der Waals surface area contributed by atoms with Gasteiger partial charge in [-0.25, -0.2) is 0 Å². The van der Waals surface area contributed by atoms with Crippen LogP contribution in [0.1, 0.15) is 46.8 Å². The number of fused-ring (bicyclic) bond motifs is 2. The minimum atomic E-state index is -0.179. The molecule has 1 aliphatic rings. The lowest BCUT2D eigenvalue weighted by atomic mass is 10.1. The van der Waals surface area contributed by atoms with Gasteiger partial charge in [-0.2, -0.15) is 0 Å². The summed E-state index contributed by atoms with van der Waals surface area (Å²) < 4.78 is 10.9. The highest BCUT2D eigenvalue weighted by Crippen LogP contribution is 2.33. The molecule has 202 valence electrons. The monoisotopic (exact) mass is 525 g/mol. The van der Waals surface area contributed by atoms with E-state index >= 15 is 0 Å². The predicted molar refractivity (Wildman–Crippen MR) is 152 cm³/mol. The molecule has 7 heteroatoms. The Morgan fingerprint density at radius 2 is 1.72 bits per heavy atom. The third-order valence-electron chi connectivity index (χ3n) is 7.19. The Labute approximate surface area is 229 Å². The first kappa shape index (κ1) is 26.4. The number of unbranched alkanes of at least 4 members (excludes halogenated alkanes) is 1. The van der Waals surface area contributed by atoms with Gasteiger partial charge in [-0.05, 0) is 55.2 Å². The number of carbonyl (C=O) groups is 2. The number of nitrogens with one attached hydrogen (secondary N) is 1. The molecule has 39 heavy (non-hydrogen) atoms. The number of ether oxygens (including phenoxy) is 2. The van der Waals surface area contributed by atoms with Crippen molar-refractivity contribution in [3.05, 3.63) is 95.2 Å². The topological polar surface area (TPSA) is 74.9 Å². The molecule has 0 bridgehead atoms. The van der Waals surface area contributed by atoms with E-state index in [9.17, 15) is 9.59 Å². The normalized spacial score (nSPS) is 12.1. The zero-order valence-corrected chi connectivity index (χ0v) is 22.6. The molecule has 5 rings (SSSR count). The molecule has 0 atom stereocenters. The van der Waals surface area contributed by atoms with Gasteiger partial charge in [0, 0.05) is 42.3 Å². The van der Waals surface area contributed by atoms with Crippen molar-refractivity contribution in [1.29, 1.82) is 0 Å². The van der Waals surface area contributed by atoms with Gasteiger partial charge < -0.3 is 24.3 Å². The van der Waals surface area contributed by atoms with Crippen LogP contribution in [0.3, 0.4) is 0 Å². The molecule has 0 unspecified atom stereocenters. The number of nitrogens with zero attached hydrogens (tertiary/aromatic N) is 2. The zero-order chi connectivity index (χ0) is 27.2. The molecule has 2 heterocycles. The van der Waals surface area contributed by atoms with E-state index in [2.05, 4.69) is 55.2 Å². The highest BCUT2D eigenvalue weighted by atomic mass is 16.7. The fraction of sp³-hybridized carbons (Fsp3) is 0.312. The lowest BCUT2D eigenvalue weighted by molar-refractivity contribution is -0.132. The number of aromatic nitrogens is 1. The van der Waals surface area contributed by atoms with Crippen LogP contribution in [0, 0.1) is 6.92 Å². The summed E-state index contributed by atoms with van der Waals surface area (Å²) in [6.45, 7) is 5.85. The number of rotatable bonds is 11. The number of H-pyrrole nitrogens is 1. The number of aryl methyl sites for hydroxylation is 1. The van der Waals surface area contributed by atoms with Crippen LogP contribution in [0.25, 0.3) is 10.9 Å². The summed E-state index contributed by atoms with van der Waals surface area (Å²) in [4.78, 5) is 34.2. The van der Waals surface area contributed by atoms with Gasteiger partial charge in [0.05, 0.1) is 0 Å². The summed E-state index contributed by atoms with van der Waals surface area (Å²) >= 11 is 0. The summed E-state index contributed by atoms with van der Waals surface area (Å²) in [6.07, 6.45) is 4.48. The molecule has 0 saturated heterocycles. The second kappa shape index (κ2) is 12.1. The van der Waals surface area contributed by atoms with Crippen LogP contribution >= 0.6 is 0 Å². The number of carbonyl (C=O) groups excluding carboxylic acids is 2. The largest absolute Gasteiger partial charge is 0.454 e. The fourth-order valence-corrected chi connectivity index (χ4v) is 4.88. The minimum Gasteiger partial charge on any atom is -0.454 e. The van der Waals surface area contributed by atoms with Gasteiger partial charge in [-0.3, -0.25) is 9.59 Å². The van der Waals surface area contributed by atoms with Crippen molar-refractivity contribution in [2.75, 3.05) is 26.4 Å². The van der Waals surface area contributed by atoms with E-state index in [0.717, 1.165) is 23.9 Å². The summed E-state index contributed by atoms with van der Waals surface area (Å²) in [7, 11) is 0. The van der Waals surface area contributed by atoms with Crippen molar-refractivity contribution in [1.82, 2.24) is 14.8 Å². The Morgan fingerprint density at radius 3 is 2.54 bits per heavy atom. The van der Waals surface area contributed by atoms with Gasteiger partial charge in [0.25, 0.3) is 5.91 Å². The fourth-order valence-electron chi connectivity index (χ4n) is 4.88. The van der Waals surface area contributed by atoms with Crippen LogP contribution < -0.4 is 9.47 Å². The summed E-state index contributed by atoms with van der Waals surface area (Å²) in [5.41, 5.74) is 4.99. The van der Waals surface area contributed by atoms with E-state index in [1.54, 1.807) is 23.1 Å². The van der Waals surface area contributed by atoms with E-state index in [-0.39, 0.29) is 25.2 Å². The van der Waals surface area contributed by atoms with Crippen LogP contribution in [0.5, 0.6) is 11.5 Å². The predicted octanol–water partition coefficient (Wildman–Crippen LogP) is 5.72. The molecule has 0 aliphatic carbocycles. The molecule has 1 aliphatic heterocycles. The van der Waals surface area contributed by atoms with Crippen LogP contribution in [0.4, 0.5) is 0 Å². The molecule has 0 fully saturated rings. The van der Waals surface area contributed by atoms with Crippen LogP contribution in [0.15, 0.2) is 72.9 Å². The van der Waals surface area contributed by atoms with Crippen molar-refractivity contribution in [3.8, 4) is 11.5 Å². The van der Waals surface area contributed by atoms with E-state index < -0.39 is 0 Å². The average molecular weight is 526 g/mol. The number of amides is 2. The molecule has 4 aromatic rings. The molecule has 1 aromatic heterocycles. The second-order valence-corrected chi connectivity index (χ2v) is 10.1. The molecular weight excluding hydrogens is 490 g/mol. The number of hydrogen-bond acceptors (Lipinski definition) is 4. The van der Waals surface area contributed by atoms with Crippen molar-refractivity contribution in [3.63, 3.8) is 0 Å². The van der Waals surface area contributed by atoms with Gasteiger partial charge in [0.15, 0.2) is 11.5 Å². The summed E-state index contributed by atoms with van der Waals surface area (Å²) in [5.74, 6) is 0.939. The molecule has 3 aromatic carbocycles. The van der Waals surface area contributed by atoms with E-state index in [1.165, 1.54) is 16.5 Å². The zero-order valence-electron chi connectivity index (χ0n) is 22.6. The first-order valence-electron chi connectivity index (χ1n) is 13.6. The SMILES string of the molecule is CCCCN(CC(=O)N(CCc1c[nH]c2ccccc12)Cc1ccc(C)cc1)C(=O)c1ccc2c(c1)OCO2. The Morgan fingerprint density at radius 1 is 0.923 bits per heavy atom. The smallest absolute Gasteiger partial charge is 0.254 e. The van der Waals surface area contributed by atoms with Gasteiger partial charge in [0.1, 0.15) is 6.54 Å². The Balaban J connectivity index is 1.35. The number of para-hydroxylation sites is 1. The Bertz CT molecular complexity index is 1440. The highest BCUT2D eigenvalue weighted by Gasteiger charge is 2.24. The van der Waals surface area contributed by atoms with Gasteiger partial charge in [-0.15, -0.1) is 0 Å². The van der Waals surface area contributed by atoms with Crippen molar-refractivity contribution < 1.29 is 19.1 Å². The summed E-state index contributed by atoms with van der Waals surface area (Å²) in [6, 6.07) is 21.6. The van der Waals surface area contributed by atoms with Gasteiger partial charge in [0.2, 0.25) is 12.7 Å². The quantitative estimate of drug-likeness (QED) is 0.272. The number of aromatic amines is 1. The maximum atomic E-state index is 13.8. The lowest BCUT2D eigenvalue weighted by Crippen LogP contribution is -2.43. The Hall–Kier alpha value is -4.26. The van der Waals surface area contributed by atoms with Crippen molar-refractivity contribution in [2.24, 2.45) is 0 Å². The van der Waals surface area contributed by atoms with E-state index in [1.807, 2.05) is 23.2 Å². The average Bonchev–Trinajstić information content (AvgIpc) is 3.60. The molecular formula is C32H35N3O4. The van der Waals surface area contributed by atoms with E-state index in [4.69, 9.17) is 9.47 Å².